The van der Waals surface area contributed by atoms with E-state index in [4.69, 9.17) is 16.3 Å². The molecule has 0 amide bonds. The maximum absolute atomic E-state index is 5.86. The van der Waals surface area contributed by atoms with Gasteiger partial charge in [-0.1, -0.05) is 35.9 Å². The van der Waals surface area contributed by atoms with Crippen molar-refractivity contribution < 1.29 is 17.1 Å². The monoisotopic (exact) mass is 350 g/mol. The van der Waals surface area contributed by atoms with Crippen LogP contribution in [0.5, 0.6) is 5.75 Å². The van der Waals surface area contributed by atoms with Crippen LogP contribution in [-0.4, -0.2) is 24.6 Å². The summed E-state index contributed by atoms with van der Waals surface area (Å²) in [5.41, 5.74) is 3.01. The summed E-state index contributed by atoms with van der Waals surface area (Å²) in [6, 6.07) is 16.4. The number of halogens is 2. The predicted molar refractivity (Wildman–Crippen MR) is 91.6 cm³/mol. The van der Waals surface area contributed by atoms with Crippen LogP contribution in [0.4, 0.5) is 0 Å². The molecule has 1 aliphatic heterocycles. The molecule has 0 unspecified atom stereocenters. The first kappa shape index (κ1) is 18.1. The highest BCUT2D eigenvalue weighted by atomic mass is 35.5. The number of ether oxygens (including phenoxy) is 1. The average molecular weight is 351 g/mol. The van der Waals surface area contributed by atoms with Gasteiger partial charge in [0.2, 0.25) is 0 Å². The zero-order chi connectivity index (χ0) is 15.2. The van der Waals surface area contributed by atoms with Crippen LogP contribution in [0.2, 0.25) is 5.02 Å². The minimum atomic E-state index is 0. The maximum atomic E-state index is 5.86. The molecular weight excluding hydrogens is 329 g/mol. The molecule has 2 aromatic rings. The Kier molecular flexibility index (Phi) is 7.22. The van der Waals surface area contributed by atoms with E-state index in [1.807, 2.05) is 24.3 Å². The van der Waals surface area contributed by atoms with Crippen molar-refractivity contribution in [1.82, 2.24) is 4.90 Å². The van der Waals surface area contributed by atoms with Crippen LogP contribution in [0, 0.1) is 0 Å². The molecule has 0 radical (unpaired) electrons. The molecular formula is C19H22Cl2NO-. The molecule has 124 valence electrons. The number of hydrogen-bond donors (Lipinski definition) is 0. The van der Waals surface area contributed by atoms with E-state index in [1.165, 1.54) is 30.5 Å². The lowest BCUT2D eigenvalue weighted by Gasteiger charge is -2.28. The maximum Gasteiger partial charge on any atom is 0.119 e. The van der Waals surface area contributed by atoms with E-state index in [-0.39, 0.29) is 12.4 Å². The molecule has 0 spiro atoms. The number of benzene rings is 2. The third-order valence-electron chi connectivity index (χ3n) is 4.16. The lowest BCUT2D eigenvalue weighted by atomic mass is 10.00. The van der Waals surface area contributed by atoms with Gasteiger partial charge in [0.05, 0.1) is 6.61 Å². The number of unbranched alkanes of at least 4 members (excludes halogenated alkanes) is 1. The number of nitrogens with zero attached hydrogens (tertiary/aromatic N) is 1. The Morgan fingerprint density at radius 2 is 1.70 bits per heavy atom. The average Bonchev–Trinajstić information content (AvgIpc) is 2.56. The smallest absolute Gasteiger partial charge is 0.119 e. The Morgan fingerprint density at radius 3 is 2.48 bits per heavy atom. The van der Waals surface area contributed by atoms with E-state index in [0.717, 1.165) is 36.9 Å². The number of hydrogen-bond acceptors (Lipinski definition) is 2. The highest BCUT2D eigenvalue weighted by molar-refractivity contribution is 6.30. The Bertz CT molecular complexity index is 601. The van der Waals surface area contributed by atoms with Gasteiger partial charge < -0.3 is 17.1 Å². The summed E-state index contributed by atoms with van der Waals surface area (Å²) in [6.45, 7) is 4.19. The van der Waals surface area contributed by atoms with Gasteiger partial charge in [0.1, 0.15) is 5.75 Å². The van der Waals surface area contributed by atoms with Crippen molar-refractivity contribution in [1.29, 1.82) is 0 Å². The van der Waals surface area contributed by atoms with Crippen molar-refractivity contribution in [3.05, 3.63) is 64.7 Å². The van der Waals surface area contributed by atoms with Gasteiger partial charge in [-0.2, -0.15) is 0 Å². The van der Waals surface area contributed by atoms with Crippen molar-refractivity contribution in [2.45, 2.75) is 25.8 Å². The van der Waals surface area contributed by atoms with Gasteiger partial charge in [-0.05, 0) is 61.2 Å². The summed E-state index contributed by atoms with van der Waals surface area (Å²) in [7, 11) is 0. The summed E-state index contributed by atoms with van der Waals surface area (Å²) >= 11 is 5.86. The van der Waals surface area contributed by atoms with Crippen LogP contribution in [0.25, 0.3) is 0 Å². The Balaban J connectivity index is 0.00000192. The first-order valence-electron chi connectivity index (χ1n) is 7.99. The molecule has 2 aromatic carbocycles. The second-order valence-corrected chi connectivity index (χ2v) is 6.24. The minimum Gasteiger partial charge on any atom is -1.00 e. The molecule has 1 aliphatic rings. The van der Waals surface area contributed by atoms with Crippen molar-refractivity contribution in [2.24, 2.45) is 0 Å². The van der Waals surface area contributed by atoms with Gasteiger partial charge in [-0.15, -0.1) is 0 Å². The largest absolute Gasteiger partial charge is 1.00 e. The molecule has 1 heterocycles. The SMILES string of the molecule is Clc1ccc(OCCCCN2CCc3ccccc3C2)cc1.[Cl-]. The summed E-state index contributed by atoms with van der Waals surface area (Å²) < 4.78 is 5.73. The lowest BCUT2D eigenvalue weighted by Crippen LogP contribution is -3.00. The zero-order valence-electron chi connectivity index (χ0n) is 13.2. The quantitative estimate of drug-likeness (QED) is 0.733. The first-order valence-corrected chi connectivity index (χ1v) is 8.36. The van der Waals surface area contributed by atoms with Gasteiger partial charge in [0.15, 0.2) is 0 Å². The number of rotatable bonds is 6. The molecule has 0 bridgehead atoms. The van der Waals surface area contributed by atoms with Crippen LogP contribution < -0.4 is 17.1 Å². The van der Waals surface area contributed by atoms with Gasteiger partial charge in [-0.3, -0.25) is 4.90 Å². The Hall–Kier alpha value is -1.22. The molecule has 0 fully saturated rings. The van der Waals surface area contributed by atoms with Crippen molar-refractivity contribution in [3.63, 3.8) is 0 Å². The second-order valence-electron chi connectivity index (χ2n) is 5.80. The van der Waals surface area contributed by atoms with Crippen LogP contribution >= 0.6 is 11.6 Å². The summed E-state index contributed by atoms with van der Waals surface area (Å²) in [5.74, 6) is 0.899. The molecule has 0 aliphatic carbocycles. The molecule has 0 saturated heterocycles. The summed E-state index contributed by atoms with van der Waals surface area (Å²) in [6.07, 6.45) is 3.44. The molecule has 3 rings (SSSR count). The molecule has 23 heavy (non-hydrogen) atoms. The zero-order valence-corrected chi connectivity index (χ0v) is 14.7. The van der Waals surface area contributed by atoms with E-state index in [0.29, 0.717) is 0 Å². The molecule has 2 nitrogen and oxygen atoms in total. The van der Waals surface area contributed by atoms with Crippen molar-refractivity contribution in [3.8, 4) is 5.75 Å². The van der Waals surface area contributed by atoms with Crippen LogP contribution in [0.15, 0.2) is 48.5 Å². The summed E-state index contributed by atoms with van der Waals surface area (Å²) in [4.78, 5) is 2.55. The fourth-order valence-electron chi connectivity index (χ4n) is 2.90. The molecule has 0 aromatic heterocycles. The van der Waals surface area contributed by atoms with Gasteiger partial charge >= 0.3 is 0 Å². The Labute approximate surface area is 149 Å². The second kappa shape index (κ2) is 9.17. The standard InChI is InChI=1S/C19H22ClNO.ClH/c20-18-7-9-19(10-8-18)22-14-4-3-12-21-13-11-16-5-1-2-6-17(16)15-21;/h1-2,5-10H,3-4,11-15H2;1H/p-1. The van der Waals surface area contributed by atoms with Crippen molar-refractivity contribution in [2.75, 3.05) is 19.7 Å². The highest BCUT2D eigenvalue weighted by Crippen LogP contribution is 2.19. The van der Waals surface area contributed by atoms with E-state index in [1.54, 1.807) is 0 Å². The normalized spacial score (nSPS) is 14.0. The van der Waals surface area contributed by atoms with E-state index < -0.39 is 0 Å². The third kappa shape index (κ3) is 5.42. The van der Waals surface area contributed by atoms with Gasteiger partial charge in [0, 0.05) is 18.1 Å². The van der Waals surface area contributed by atoms with E-state index in [9.17, 15) is 0 Å². The van der Waals surface area contributed by atoms with Crippen molar-refractivity contribution >= 4 is 11.6 Å². The third-order valence-corrected chi connectivity index (χ3v) is 4.41. The minimum absolute atomic E-state index is 0. The summed E-state index contributed by atoms with van der Waals surface area (Å²) in [5, 5.41) is 0.748. The first-order chi connectivity index (χ1) is 10.8. The van der Waals surface area contributed by atoms with Gasteiger partial charge in [-0.25, -0.2) is 0 Å². The fraction of sp³-hybridized carbons (Fsp3) is 0.368. The topological polar surface area (TPSA) is 12.5 Å². The molecule has 0 atom stereocenters. The van der Waals surface area contributed by atoms with E-state index in [2.05, 4.69) is 29.2 Å². The Morgan fingerprint density at radius 1 is 0.957 bits per heavy atom. The fourth-order valence-corrected chi connectivity index (χ4v) is 3.03. The molecule has 0 N–H and O–H groups in total. The van der Waals surface area contributed by atoms with Crippen LogP contribution in [-0.2, 0) is 13.0 Å². The van der Waals surface area contributed by atoms with Crippen LogP contribution in [0.3, 0.4) is 0 Å². The number of fused-ring (bicyclic) bond motifs is 1. The van der Waals surface area contributed by atoms with Crippen LogP contribution in [0.1, 0.15) is 24.0 Å². The highest BCUT2D eigenvalue weighted by Gasteiger charge is 2.14. The lowest BCUT2D eigenvalue weighted by molar-refractivity contribution is -0.00000486. The van der Waals surface area contributed by atoms with E-state index >= 15 is 0 Å². The predicted octanol–water partition coefficient (Wildman–Crippen LogP) is 1.56. The molecule has 0 saturated carbocycles. The molecule has 4 heteroatoms. The van der Waals surface area contributed by atoms with Gasteiger partial charge in [0.25, 0.3) is 0 Å².